The van der Waals surface area contributed by atoms with Gasteiger partial charge < -0.3 is 10.2 Å². The fourth-order valence-corrected chi connectivity index (χ4v) is 3.25. The molecule has 0 fully saturated rings. The quantitative estimate of drug-likeness (QED) is 0.223. The minimum Gasteiger partial charge on any atom is -0.481 e. The molecule has 6 heteroatoms. The summed E-state index contributed by atoms with van der Waals surface area (Å²) in [4.78, 5) is 22.1. The van der Waals surface area contributed by atoms with Crippen molar-refractivity contribution in [2.45, 2.75) is 112 Å². The Morgan fingerprint density at radius 3 is 1.11 bits per heavy atom. The molecule has 0 rings (SSSR count). The molecule has 0 aromatic heterocycles. The van der Waals surface area contributed by atoms with Crippen molar-refractivity contribution in [2.24, 2.45) is 10.8 Å². The van der Waals surface area contributed by atoms with Gasteiger partial charge in [0, 0.05) is 81.7 Å². The number of carboxylic acid groups (broad SMARTS) is 2. The molecule has 0 atom stereocenters. The van der Waals surface area contributed by atoms with Gasteiger partial charge in [0.1, 0.15) is 0 Å². The van der Waals surface area contributed by atoms with E-state index in [4.69, 9.17) is 10.2 Å². The summed E-state index contributed by atoms with van der Waals surface area (Å²) in [5.41, 5.74) is -0.898. The summed E-state index contributed by atoms with van der Waals surface area (Å²) >= 11 is 0. The molecule has 0 aliphatic rings. The van der Waals surface area contributed by atoms with Crippen molar-refractivity contribution in [3.8, 4) is 0 Å². The summed E-state index contributed by atoms with van der Waals surface area (Å²) in [5, 5.41) is 18.2. The van der Waals surface area contributed by atoms with Crippen molar-refractivity contribution in [1.82, 2.24) is 0 Å². The van der Waals surface area contributed by atoms with Crippen molar-refractivity contribution in [1.29, 1.82) is 0 Å². The Hall–Kier alpha value is 1.64. The average Bonchev–Trinajstić information content (AvgIpc) is 2.60. The van der Waals surface area contributed by atoms with Crippen LogP contribution < -0.4 is 0 Å². The fraction of sp³-hybridized carbons (Fsp3) is 0.905. The van der Waals surface area contributed by atoms with Crippen LogP contribution in [0.25, 0.3) is 0 Å². The molecule has 0 aromatic rings. The molecule has 0 aromatic carbocycles. The molecular weight excluding hydrogens is 605 g/mol. The summed E-state index contributed by atoms with van der Waals surface area (Å²) in [6.07, 6.45) is 10.1. The van der Waals surface area contributed by atoms with Gasteiger partial charge in [-0.25, -0.2) is 0 Å². The first-order valence-corrected chi connectivity index (χ1v) is 10.2. The third-order valence-electron chi connectivity index (χ3n) is 5.88. The summed E-state index contributed by atoms with van der Waals surface area (Å²) in [6.45, 7) is 12.1. The number of hydrogen-bond donors (Lipinski definition) is 2. The van der Waals surface area contributed by atoms with Gasteiger partial charge in [-0.05, 0) is 38.5 Å². The van der Waals surface area contributed by atoms with E-state index < -0.39 is 22.8 Å². The molecule has 0 radical (unpaired) electrons. The second-order valence-corrected chi connectivity index (χ2v) is 7.15. The van der Waals surface area contributed by atoms with E-state index in [1.54, 1.807) is 0 Å². The van der Waals surface area contributed by atoms with Gasteiger partial charge in [0.2, 0.25) is 0 Å². The Labute approximate surface area is 233 Å². The first-order valence-electron chi connectivity index (χ1n) is 10.2. The van der Waals surface area contributed by atoms with Gasteiger partial charge >= 0.3 is 11.9 Å². The number of carbonyl (C=O) groups is 2. The third kappa shape index (κ3) is 13.5. The predicted molar refractivity (Wildman–Crippen MR) is 105 cm³/mol. The van der Waals surface area contributed by atoms with Crippen LogP contribution in [0.15, 0.2) is 0 Å². The van der Waals surface area contributed by atoms with Gasteiger partial charge in [-0.2, -0.15) is 0 Å². The van der Waals surface area contributed by atoms with Gasteiger partial charge in [0.05, 0.1) is 10.8 Å². The van der Waals surface area contributed by atoms with E-state index in [1.807, 2.05) is 27.7 Å². The fourth-order valence-electron chi connectivity index (χ4n) is 3.25. The van der Waals surface area contributed by atoms with Gasteiger partial charge in [-0.1, -0.05) is 73.6 Å². The Morgan fingerprint density at radius 1 is 0.593 bits per heavy atom. The Morgan fingerprint density at radius 2 is 0.889 bits per heavy atom. The molecule has 0 unspecified atom stereocenters. The first-order chi connectivity index (χ1) is 11.8. The van der Waals surface area contributed by atoms with Gasteiger partial charge in [-0.15, -0.1) is 0 Å². The van der Waals surface area contributed by atoms with Crippen LogP contribution in [-0.2, 0) is 9.59 Å². The van der Waals surface area contributed by atoms with E-state index >= 15 is 0 Å². The van der Waals surface area contributed by atoms with Crippen LogP contribution in [0, 0.1) is 92.5 Å². The zero-order valence-corrected chi connectivity index (χ0v) is 24.9. The molecule has 158 valence electrons. The molecule has 0 saturated carbocycles. The molecule has 27 heavy (non-hydrogen) atoms. The number of unbranched alkanes of at least 4 members (excludes halogenated alkanes) is 3. The van der Waals surface area contributed by atoms with Crippen molar-refractivity contribution in [3.63, 3.8) is 0 Å². The van der Waals surface area contributed by atoms with Crippen molar-refractivity contribution in [3.05, 3.63) is 0 Å². The summed E-state index contributed by atoms with van der Waals surface area (Å²) in [7, 11) is 0. The van der Waals surface area contributed by atoms with Crippen LogP contribution in [-0.4, -0.2) is 22.2 Å². The molecule has 0 aliphatic carbocycles. The van der Waals surface area contributed by atoms with Gasteiger partial charge in [0.15, 0.2) is 0 Å². The first kappa shape index (κ1) is 36.0. The smallest absolute Gasteiger partial charge is 0.309 e. The molecule has 0 heterocycles. The number of rotatable bonds is 13. The van der Waals surface area contributed by atoms with E-state index in [-0.39, 0.29) is 81.7 Å². The Balaban J connectivity index is -0.000000183. The van der Waals surface area contributed by atoms with E-state index in [0.29, 0.717) is 0 Å². The van der Waals surface area contributed by atoms with E-state index in [0.717, 1.165) is 70.6 Å². The van der Waals surface area contributed by atoms with Crippen LogP contribution in [0.5, 0.6) is 0 Å². The Kier molecular flexibility index (Phi) is 27.9. The molecular formula is C21H42Nd2O4. The minimum absolute atomic E-state index is 0. The van der Waals surface area contributed by atoms with Crippen LogP contribution >= 0.6 is 0 Å². The van der Waals surface area contributed by atoms with Crippen LogP contribution in [0.4, 0.5) is 0 Å². The molecule has 0 aliphatic heterocycles. The van der Waals surface area contributed by atoms with Crippen LogP contribution in [0.2, 0.25) is 0 Å². The largest absolute Gasteiger partial charge is 0.481 e. The maximum absolute atomic E-state index is 11.1. The summed E-state index contributed by atoms with van der Waals surface area (Å²) in [6, 6.07) is 0. The predicted octanol–water partition coefficient (Wildman–Crippen LogP) is 6.53. The zero-order valence-electron chi connectivity index (χ0n) is 18.5. The van der Waals surface area contributed by atoms with Crippen molar-refractivity contribution >= 4 is 11.9 Å². The minimum atomic E-state index is -0.624. The Bertz CT molecular complexity index is 365. The maximum atomic E-state index is 11.1. The molecule has 0 bridgehead atoms. The zero-order chi connectivity index (χ0) is 19.9. The monoisotopic (exact) mass is 642 g/mol. The number of carboxylic acids is 2. The maximum Gasteiger partial charge on any atom is 0.309 e. The van der Waals surface area contributed by atoms with E-state index in [1.165, 1.54) is 0 Å². The van der Waals surface area contributed by atoms with E-state index in [2.05, 4.69) is 13.8 Å². The average molecular weight is 647 g/mol. The van der Waals surface area contributed by atoms with Crippen LogP contribution in [0.3, 0.4) is 0 Å². The number of aliphatic carboxylic acids is 2. The topological polar surface area (TPSA) is 74.6 Å². The van der Waals surface area contributed by atoms with Crippen molar-refractivity contribution < 1.29 is 101 Å². The second-order valence-electron chi connectivity index (χ2n) is 7.15. The molecule has 0 saturated heterocycles. The van der Waals surface area contributed by atoms with Gasteiger partial charge in [0.25, 0.3) is 0 Å². The van der Waals surface area contributed by atoms with Crippen LogP contribution in [0.1, 0.15) is 112 Å². The van der Waals surface area contributed by atoms with Crippen molar-refractivity contribution in [2.75, 3.05) is 0 Å². The van der Waals surface area contributed by atoms with Gasteiger partial charge in [-0.3, -0.25) is 9.59 Å². The third-order valence-corrected chi connectivity index (χ3v) is 5.88. The summed E-state index contributed by atoms with van der Waals surface area (Å²) in [5.74, 6) is -1.24. The SMILES string of the molecule is CCCCC(CC)(CC)C(=O)O.CCCCCC(CC)(CC)C(=O)O.[Nd].[Nd]. The second kappa shape index (κ2) is 20.9. The molecule has 4 nitrogen and oxygen atoms in total. The normalized spacial score (nSPS) is 10.7. The summed E-state index contributed by atoms with van der Waals surface area (Å²) < 4.78 is 0. The number of hydrogen-bond acceptors (Lipinski definition) is 2. The molecule has 0 amide bonds. The standard InChI is InChI=1S/C11H22O2.C10H20O2.2Nd/c1-4-7-8-9-11(5-2,6-3)10(12)13;1-4-7-8-10(5-2,6-3)9(11)12;;/h4-9H2,1-3H3,(H,12,13);4-8H2,1-3H3,(H,11,12);;. The molecule has 0 spiro atoms. The molecule has 2 N–H and O–H groups in total. The van der Waals surface area contributed by atoms with E-state index in [9.17, 15) is 9.59 Å².